The van der Waals surface area contributed by atoms with Gasteiger partial charge in [0.05, 0.1) is 7.11 Å². The molecule has 0 aliphatic carbocycles. The molecule has 0 spiro atoms. The number of anilines is 1. The number of nitrogens with two attached hydrogens (primary N) is 1. The highest BCUT2D eigenvalue weighted by atomic mass is 16.7. The van der Waals surface area contributed by atoms with Gasteiger partial charge >= 0.3 is 0 Å². The number of carbonyl (C=O) groups is 1. The number of ether oxygens (including phenoxy) is 1. The molecule has 1 amide bonds. The molecule has 5 nitrogen and oxygen atoms in total. The van der Waals surface area contributed by atoms with E-state index in [4.69, 9.17) is 15.3 Å². The number of rotatable bonds is 4. The smallest absolute Gasteiger partial charge is 0.283 e. The zero-order valence-corrected chi connectivity index (χ0v) is 8.77. The Morgan fingerprint density at radius 1 is 1.40 bits per heavy atom. The first-order valence-electron chi connectivity index (χ1n) is 4.42. The molecule has 0 saturated carbocycles. The summed E-state index contributed by atoms with van der Waals surface area (Å²) in [7, 11) is 2.94. The van der Waals surface area contributed by atoms with E-state index < -0.39 is 0 Å². The topological polar surface area (TPSA) is 64.8 Å². The van der Waals surface area contributed by atoms with E-state index in [1.807, 2.05) is 0 Å². The molecule has 15 heavy (non-hydrogen) atoms. The Kier molecular flexibility index (Phi) is 3.93. The van der Waals surface area contributed by atoms with Crippen LogP contribution in [-0.2, 0) is 9.63 Å². The summed E-state index contributed by atoms with van der Waals surface area (Å²) in [5.41, 5.74) is 6.16. The second-order valence-electron chi connectivity index (χ2n) is 2.93. The molecule has 0 aromatic heterocycles. The Labute approximate surface area is 88.3 Å². The van der Waals surface area contributed by atoms with Crippen LogP contribution in [0.3, 0.4) is 0 Å². The predicted molar refractivity (Wildman–Crippen MR) is 56.1 cm³/mol. The van der Waals surface area contributed by atoms with Gasteiger partial charge in [-0.2, -0.15) is 0 Å². The lowest BCUT2D eigenvalue weighted by Gasteiger charge is -2.13. The largest absolute Gasteiger partial charge is 0.484 e. The summed E-state index contributed by atoms with van der Waals surface area (Å²) in [4.78, 5) is 16.0. The number of hydroxylamine groups is 2. The quantitative estimate of drug-likeness (QED) is 0.586. The second kappa shape index (κ2) is 5.21. The van der Waals surface area contributed by atoms with Crippen LogP contribution in [0.5, 0.6) is 5.75 Å². The molecule has 0 bridgehead atoms. The highest BCUT2D eigenvalue weighted by Crippen LogP contribution is 2.12. The molecule has 0 heterocycles. The summed E-state index contributed by atoms with van der Waals surface area (Å²) in [6.07, 6.45) is 0. The van der Waals surface area contributed by atoms with Crippen molar-refractivity contribution in [3.8, 4) is 5.75 Å². The minimum absolute atomic E-state index is 0.0613. The Hall–Kier alpha value is -1.75. The van der Waals surface area contributed by atoms with Crippen molar-refractivity contribution in [3.05, 3.63) is 24.3 Å². The summed E-state index contributed by atoms with van der Waals surface area (Å²) in [5.74, 6) is 0.344. The van der Waals surface area contributed by atoms with Gasteiger partial charge in [-0.15, -0.1) is 0 Å². The van der Waals surface area contributed by atoms with Crippen LogP contribution in [0.1, 0.15) is 0 Å². The zero-order chi connectivity index (χ0) is 11.3. The van der Waals surface area contributed by atoms with Crippen molar-refractivity contribution in [2.45, 2.75) is 0 Å². The lowest BCUT2D eigenvalue weighted by Crippen LogP contribution is -2.30. The molecule has 1 aromatic rings. The zero-order valence-electron chi connectivity index (χ0n) is 8.77. The number of carbonyl (C=O) groups excluding carboxylic acids is 1. The van der Waals surface area contributed by atoms with Crippen molar-refractivity contribution in [2.24, 2.45) is 0 Å². The molecular formula is C10H14N2O3. The minimum Gasteiger partial charge on any atom is -0.484 e. The number of nitrogens with zero attached hydrogens (tertiary/aromatic N) is 1. The minimum atomic E-state index is -0.255. The lowest BCUT2D eigenvalue weighted by molar-refractivity contribution is -0.170. The monoisotopic (exact) mass is 210 g/mol. The molecule has 1 aromatic carbocycles. The molecule has 5 heteroatoms. The van der Waals surface area contributed by atoms with Crippen LogP contribution in [0.4, 0.5) is 5.69 Å². The maximum Gasteiger partial charge on any atom is 0.283 e. The van der Waals surface area contributed by atoms with Gasteiger partial charge in [-0.25, -0.2) is 5.06 Å². The number of benzene rings is 1. The predicted octanol–water partition coefficient (Wildman–Crippen LogP) is 0.667. The van der Waals surface area contributed by atoms with Crippen LogP contribution in [0.25, 0.3) is 0 Å². The molecule has 0 atom stereocenters. The normalized spacial score (nSPS) is 9.73. The van der Waals surface area contributed by atoms with Crippen LogP contribution in [0.15, 0.2) is 24.3 Å². The van der Waals surface area contributed by atoms with Crippen LogP contribution < -0.4 is 10.5 Å². The van der Waals surface area contributed by atoms with E-state index in [0.29, 0.717) is 11.4 Å². The summed E-state index contributed by atoms with van der Waals surface area (Å²) in [6, 6.07) is 6.82. The Balaban J connectivity index is 2.43. The van der Waals surface area contributed by atoms with Gasteiger partial charge in [0.1, 0.15) is 5.75 Å². The molecule has 2 N–H and O–H groups in total. The number of hydrogen-bond donors (Lipinski definition) is 1. The summed E-state index contributed by atoms with van der Waals surface area (Å²) in [5, 5.41) is 1.11. The van der Waals surface area contributed by atoms with Crippen molar-refractivity contribution in [1.29, 1.82) is 0 Å². The first-order valence-corrected chi connectivity index (χ1v) is 4.42. The molecule has 0 saturated heterocycles. The van der Waals surface area contributed by atoms with E-state index in [1.165, 1.54) is 14.2 Å². The third-order valence-electron chi connectivity index (χ3n) is 1.87. The molecule has 0 aliphatic heterocycles. The van der Waals surface area contributed by atoms with Crippen LogP contribution in [0.2, 0.25) is 0 Å². The van der Waals surface area contributed by atoms with Gasteiger partial charge in [0.25, 0.3) is 5.91 Å². The van der Waals surface area contributed by atoms with E-state index in [-0.39, 0.29) is 12.5 Å². The summed E-state index contributed by atoms with van der Waals surface area (Å²) in [6.45, 7) is -0.0613. The maximum atomic E-state index is 11.3. The van der Waals surface area contributed by atoms with Crippen molar-refractivity contribution in [1.82, 2.24) is 5.06 Å². The van der Waals surface area contributed by atoms with E-state index in [1.54, 1.807) is 24.3 Å². The average molecular weight is 210 g/mol. The van der Waals surface area contributed by atoms with Crippen molar-refractivity contribution in [3.63, 3.8) is 0 Å². The van der Waals surface area contributed by atoms with E-state index in [9.17, 15) is 4.79 Å². The van der Waals surface area contributed by atoms with E-state index >= 15 is 0 Å². The first kappa shape index (κ1) is 11.3. The highest BCUT2D eigenvalue weighted by molar-refractivity contribution is 5.76. The molecule has 0 aliphatic rings. The van der Waals surface area contributed by atoms with Gasteiger partial charge < -0.3 is 10.5 Å². The van der Waals surface area contributed by atoms with Crippen LogP contribution >= 0.6 is 0 Å². The molecule has 1 rings (SSSR count). The number of nitrogen functional groups attached to an aromatic ring is 1. The number of likely N-dealkylation sites (N-methyl/N-ethyl adjacent to an activating group) is 1. The fraction of sp³-hybridized carbons (Fsp3) is 0.300. The van der Waals surface area contributed by atoms with Gasteiger partial charge in [-0.3, -0.25) is 9.63 Å². The van der Waals surface area contributed by atoms with Crippen LogP contribution in [0, 0.1) is 0 Å². The van der Waals surface area contributed by atoms with Gasteiger partial charge in [-0.1, -0.05) is 0 Å². The maximum absolute atomic E-state index is 11.3. The third kappa shape index (κ3) is 3.47. The van der Waals surface area contributed by atoms with E-state index in [0.717, 1.165) is 5.06 Å². The van der Waals surface area contributed by atoms with Crippen molar-refractivity contribution in [2.75, 3.05) is 26.5 Å². The van der Waals surface area contributed by atoms with Gasteiger partial charge in [-0.05, 0) is 24.3 Å². The first-order chi connectivity index (χ1) is 7.13. The van der Waals surface area contributed by atoms with Gasteiger partial charge in [0.2, 0.25) is 0 Å². The lowest BCUT2D eigenvalue weighted by atomic mass is 10.3. The fourth-order valence-electron chi connectivity index (χ4n) is 0.902. The standard InChI is InChI=1S/C10H14N2O3/c1-12(14-2)10(13)7-15-9-5-3-8(11)4-6-9/h3-6H,7,11H2,1-2H3. The molecule has 0 radical (unpaired) electrons. The van der Waals surface area contributed by atoms with E-state index in [2.05, 4.69) is 0 Å². The van der Waals surface area contributed by atoms with Crippen molar-refractivity contribution >= 4 is 11.6 Å². The Morgan fingerprint density at radius 3 is 2.53 bits per heavy atom. The second-order valence-corrected chi connectivity index (χ2v) is 2.93. The molecule has 82 valence electrons. The van der Waals surface area contributed by atoms with Gasteiger partial charge in [0, 0.05) is 12.7 Å². The summed E-state index contributed by atoms with van der Waals surface area (Å²) >= 11 is 0. The average Bonchev–Trinajstić information content (AvgIpc) is 2.26. The highest BCUT2D eigenvalue weighted by Gasteiger charge is 2.08. The Morgan fingerprint density at radius 2 is 2.00 bits per heavy atom. The molecule has 0 fully saturated rings. The molecular weight excluding hydrogens is 196 g/mol. The fourth-order valence-corrected chi connectivity index (χ4v) is 0.902. The van der Waals surface area contributed by atoms with Crippen molar-refractivity contribution < 1.29 is 14.4 Å². The number of amides is 1. The third-order valence-corrected chi connectivity index (χ3v) is 1.87. The Bertz CT molecular complexity index is 324. The van der Waals surface area contributed by atoms with Gasteiger partial charge in [0.15, 0.2) is 6.61 Å². The summed E-state index contributed by atoms with van der Waals surface area (Å²) < 4.78 is 5.22. The SMILES string of the molecule is CON(C)C(=O)COc1ccc(N)cc1. The van der Waals surface area contributed by atoms with Crippen LogP contribution in [-0.4, -0.2) is 31.7 Å². The number of hydrogen-bond acceptors (Lipinski definition) is 4. The molecule has 0 unspecified atom stereocenters.